The number of methoxy groups -OCH3 is 2. The van der Waals surface area contributed by atoms with Crippen LogP contribution in [0.4, 0.5) is 0 Å². The highest BCUT2D eigenvalue weighted by Crippen LogP contribution is 2.29. The Kier molecular flexibility index (Phi) is 2.04. The van der Waals surface area contributed by atoms with Crippen molar-refractivity contribution in [2.45, 2.75) is 6.92 Å². The summed E-state index contributed by atoms with van der Waals surface area (Å²) in [5.41, 5.74) is 1.77. The van der Waals surface area contributed by atoms with Crippen LogP contribution in [0.5, 0.6) is 11.5 Å². The maximum atomic E-state index is 5.22. The molecule has 0 bridgehead atoms. The van der Waals surface area contributed by atoms with Gasteiger partial charge in [-0.15, -0.1) is 0 Å². The van der Waals surface area contributed by atoms with Crippen LogP contribution in [-0.2, 0) is 0 Å². The molecule has 4 nitrogen and oxygen atoms in total. The average molecular weight is 192 g/mol. The predicted octanol–water partition coefficient (Wildman–Crippen LogP) is 1.89. The van der Waals surface area contributed by atoms with Crippen molar-refractivity contribution in [1.29, 1.82) is 0 Å². The van der Waals surface area contributed by atoms with Gasteiger partial charge in [0.2, 0.25) is 0 Å². The highest BCUT2D eigenvalue weighted by molar-refractivity contribution is 5.83. The number of aromatic nitrogens is 2. The first-order chi connectivity index (χ1) is 6.74. The summed E-state index contributed by atoms with van der Waals surface area (Å²) in [6.45, 7) is 1.91. The fourth-order valence-corrected chi connectivity index (χ4v) is 1.46. The van der Waals surface area contributed by atoms with E-state index in [-0.39, 0.29) is 0 Å². The molecule has 4 heteroatoms. The Balaban J connectivity index is 2.72. The lowest BCUT2D eigenvalue weighted by Gasteiger charge is -2.03. The maximum absolute atomic E-state index is 5.22. The average Bonchev–Trinajstić information content (AvgIpc) is 2.56. The lowest BCUT2D eigenvalue weighted by atomic mass is 10.3. The van der Waals surface area contributed by atoms with E-state index in [0.29, 0.717) is 0 Å². The van der Waals surface area contributed by atoms with Crippen LogP contribution in [0.15, 0.2) is 12.1 Å². The summed E-state index contributed by atoms with van der Waals surface area (Å²) >= 11 is 0. The highest BCUT2D eigenvalue weighted by Gasteiger charge is 2.08. The van der Waals surface area contributed by atoms with Gasteiger partial charge in [0.15, 0.2) is 0 Å². The summed E-state index contributed by atoms with van der Waals surface area (Å²) in [5.74, 6) is 2.35. The van der Waals surface area contributed by atoms with Gasteiger partial charge in [-0.3, -0.25) is 0 Å². The van der Waals surface area contributed by atoms with Crippen LogP contribution in [0.2, 0.25) is 0 Å². The Morgan fingerprint density at radius 3 is 2.64 bits per heavy atom. The lowest BCUT2D eigenvalue weighted by Crippen LogP contribution is -1.88. The molecule has 74 valence electrons. The highest BCUT2D eigenvalue weighted by atomic mass is 16.5. The largest absolute Gasteiger partial charge is 0.497 e. The van der Waals surface area contributed by atoms with Gasteiger partial charge in [0, 0.05) is 12.1 Å². The molecule has 0 radical (unpaired) electrons. The maximum Gasteiger partial charge on any atom is 0.150 e. The third kappa shape index (κ3) is 1.28. The zero-order valence-corrected chi connectivity index (χ0v) is 8.42. The minimum atomic E-state index is 0.726. The van der Waals surface area contributed by atoms with Crippen molar-refractivity contribution in [3.63, 3.8) is 0 Å². The number of hydrogen-bond donors (Lipinski definition) is 1. The molecule has 1 N–H and O–H groups in total. The minimum Gasteiger partial charge on any atom is -0.497 e. The molecule has 0 spiro atoms. The topological polar surface area (TPSA) is 47.1 Å². The number of nitrogens with one attached hydrogen (secondary N) is 1. The van der Waals surface area contributed by atoms with E-state index in [4.69, 9.17) is 9.47 Å². The van der Waals surface area contributed by atoms with Gasteiger partial charge in [-0.25, -0.2) is 4.98 Å². The van der Waals surface area contributed by atoms with Crippen molar-refractivity contribution in [1.82, 2.24) is 9.97 Å². The summed E-state index contributed by atoms with van der Waals surface area (Å²) in [5, 5.41) is 0. The van der Waals surface area contributed by atoms with Crippen LogP contribution in [0.25, 0.3) is 11.0 Å². The zero-order valence-electron chi connectivity index (χ0n) is 8.42. The molecule has 0 unspecified atom stereocenters. The molecule has 0 aliphatic carbocycles. The van der Waals surface area contributed by atoms with E-state index in [2.05, 4.69) is 9.97 Å². The fourth-order valence-electron chi connectivity index (χ4n) is 1.46. The van der Waals surface area contributed by atoms with E-state index >= 15 is 0 Å². The normalized spacial score (nSPS) is 10.5. The minimum absolute atomic E-state index is 0.726. The Morgan fingerprint density at radius 2 is 2.00 bits per heavy atom. The lowest BCUT2D eigenvalue weighted by molar-refractivity contribution is 0.397. The summed E-state index contributed by atoms with van der Waals surface area (Å²) in [6, 6.07) is 3.72. The van der Waals surface area contributed by atoms with Gasteiger partial charge in [0.25, 0.3) is 0 Å². The number of fused-ring (bicyclic) bond motifs is 1. The van der Waals surface area contributed by atoms with E-state index in [1.54, 1.807) is 14.2 Å². The molecular weight excluding hydrogens is 180 g/mol. The number of aromatic amines is 1. The molecule has 0 saturated heterocycles. The molecular formula is C10H12N2O2. The van der Waals surface area contributed by atoms with E-state index in [1.165, 1.54) is 0 Å². The van der Waals surface area contributed by atoms with Crippen LogP contribution >= 0.6 is 0 Å². The van der Waals surface area contributed by atoms with E-state index in [0.717, 1.165) is 28.4 Å². The molecule has 1 heterocycles. The number of rotatable bonds is 2. The predicted molar refractivity (Wildman–Crippen MR) is 53.9 cm³/mol. The van der Waals surface area contributed by atoms with Gasteiger partial charge in [0.05, 0.1) is 19.7 Å². The van der Waals surface area contributed by atoms with Crippen LogP contribution in [-0.4, -0.2) is 24.2 Å². The second-order valence-corrected chi connectivity index (χ2v) is 3.05. The standard InChI is InChI=1S/C10H12N2O2/c1-6-11-8-4-7(13-2)5-9(14-3)10(8)12-6/h4-5H,1-3H3,(H,11,12). The van der Waals surface area contributed by atoms with Gasteiger partial charge in [-0.05, 0) is 6.92 Å². The van der Waals surface area contributed by atoms with Gasteiger partial charge in [-0.1, -0.05) is 0 Å². The molecule has 0 atom stereocenters. The molecule has 1 aromatic heterocycles. The number of benzene rings is 1. The first kappa shape index (κ1) is 8.87. The number of imidazole rings is 1. The van der Waals surface area contributed by atoms with E-state index < -0.39 is 0 Å². The van der Waals surface area contributed by atoms with Crippen LogP contribution in [0.3, 0.4) is 0 Å². The molecule has 2 rings (SSSR count). The van der Waals surface area contributed by atoms with Gasteiger partial charge >= 0.3 is 0 Å². The van der Waals surface area contributed by atoms with Crippen LogP contribution in [0, 0.1) is 6.92 Å². The van der Waals surface area contributed by atoms with Crippen molar-refractivity contribution < 1.29 is 9.47 Å². The van der Waals surface area contributed by atoms with Crippen LogP contribution in [0.1, 0.15) is 5.82 Å². The monoisotopic (exact) mass is 192 g/mol. The third-order valence-electron chi connectivity index (χ3n) is 2.10. The fraction of sp³-hybridized carbons (Fsp3) is 0.300. The second-order valence-electron chi connectivity index (χ2n) is 3.05. The van der Waals surface area contributed by atoms with Crippen molar-refractivity contribution in [3.05, 3.63) is 18.0 Å². The van der Waals surface area contributed by atoms with E-state index in [1.807, 2.05) is 19.1 Å². The summed E-state index contributed by atoms with van der Waals surface area (Å²) in [7, 11) is 3.25. The molecule has 14 heavy (non-hydrogen) atoms. The van der Waals surface area contributed by atoms with Gasteiger partial charge in [-0.2, -0.15) is 0 Å². The molecule has 0 aliphatic rings. The van der Waals surface area contributed by atoms with Gasteiger partial charge in [0.1, 0.15) is 22.8 Å². The first-order valence-corrected chi connectivity index (χ1v) is 4.33. The first-order valence-electron chi connectivity index (χ1n) is 4.33. The molecule has 0 aliphatic heterocycles. The van der Waals surface area contributed by atoms with Crippen molar-refractivity contribution >= 4 is 11.0 Å². The van der Waals surface area contributed by atoms with E-state index in [9.17, 15) is 0 Å². The number of ether oxygens (including phenoxy) is 2. The molecule has 0 fully saturated rings. The van der Waals surface area contributed by atoms with Crippen molar-refractivity contribution in [2.75, 3.05) is 14.2 Å². The SMILES string of the molecule is COc1cc(OC)c2nc(C)[nH]c2c1. The Morgan fingerprint density at radius 1 is 1.21 bits per heavy atom. The number of hydrogen-bond acceptors (Lipinski definition) is 3. The van der Waals surface area contributed by atoms with Crippen molar-refractivity contribution in [2.24, 2.45) is 0 Å². The molecule has 0 amide bonds. The Hall–Kier alpha value is -1.71. The number of H-pyrrole nitrogens is 1. The van der Waals surface area contributed by atoms with Crippen molar-refractivity contribution in [3.8, 4) is 11.5 Å². The summed E-state index contributed by atoms with van der Waals surface area (Å²) < 4.78 is 10.4. The summed E-state index contributed by atoms with van der Waals surface area (Å²) in [4.78, 5) is 7.46. The number of nitrogens with zero attached hydrogens (tertiary/aromatic N) is 1. The third-order valence-corrected chi connectivity index (χ3v) is 2.10. The smallest absolute Gasteiger partial charge is 0.150 e. The number of aryl methyl sites for hydroxylation is 1. The summed E-state index contributed by atoms with van der Waals surface area (Å²) in [6.07, 6.45) is 0. The molecule has 0 saturated carbocycles. The second kappa shape index (κ2) is 3.21. The zero-order chi connectivity index (χ0) is 10.1. The van der Waals surface area contributed by atoms with Gasteiger partial charge < -0.3 is 14.5 Å². The Labute approximate surface area is 81.9 Å². The molecule has 2 aromatic rings. The quantitative estimate of drug-likeness (QED) is 0.790. The molecule has 1 aromatic carbocycles. The Bertz CT molecular complexity index is 462. The van der Waals surface area contributed by atoms with Crippen LogP contribution < -0.4 is 9.47 Å².